The maximum absolute atomic E-state index is 4.53. The fraction of sp³-hybridized carbons (Fsp3) is 0.389. The number of anilines is 1. The van der Waals surface area contributed by atoms with Crippen LogP contribution in [-0.4, -0.2) is 19.5 Å². The van der Waals surface area contributed by atoms with Crippen LogP contribution in [0.5, 0.6) is 0 Å². The molecule has 0 aliphatic rings. The molecule has 0 atom stereocenters. The van der Waals surface area contributed by atoms with Crippen molar-refractivity contribution in [3.63, 3.8) is 0 Å². The van der Waals surface area contributed by atoms with Crippen molar-refractivity contribution in [2.24, 2.45) is 5.92 Å². The Hall–Kier alpha value is -2.43. The van der Waals surface area contributed by atoms with E-state index in [9.17, 15) is 0 Å². The van der Waals surface area contributed by atoms with Gasteiger partial charge in [-0.15, -0.1) is 0 Å². The predicted octanol–water partition coefficient (Wildman–Crippen LogP) is 3.71. The highest BCUT2D eigenvalue weighted by molar-refractivity contribution is 5.91. The summed E-state index contributed by atoms with van der Waals surface area (Å²) in [5.74, 6) is 1.45. The third-order valence-electron chi connectivity index (χ3n) is 4.12. The van der Waals surface area contributed by atoms with Crippen LogP contribution in [0.4, 0.5) is 5.82 Å². The SMILES string of the molecule is Cc1c(C)n(CC(C)C)c2ncnc(NCc3ccccn3)c12. The molecule has 5 nitrogen and oxygen atoms in total. The highest BCUT2D eigenvalue weighted by Crippen LogP contribution is 2.29. The first-order valence-electron chi connectivity index (χ1n) is 8.02. The molecule has 0 saturated carbocycles. The molecule has 3 aromatic rings. The summed E-state index contributed by atoms with van der Waals surface area (Å²) < 4.78 is 2.29. The number of aryl methyl sites for hydroxylation is 1. The summed E-state index contributed by atoms with van der Waals surface area (Å²) in [6.07, 6.45) is 3.44. The molecule has 23 heavy (non-hydrogen) atoms. The van der Waals surface area contributed by atoms with Gasteiger partial charge < -0.3 is 9.88 Å². The van der Waals surface area contributed by atoms with Gasteiger partial charge in [-0.3, -0.25) is 4.98 Å². The largest absolute Gasteiger partial charge is 0.364 e. The molecule has 3 rings (SSSR count). The minimum atomic E-state index is 0.573. The fourth-order valence-corrected chi connectivity index (χ4v) is 2.87. The zero-order chi connectivity index (χ0) is 16.4. The van der Waals surface area contributed by atoms with E-state index in [1.165, 1.54) is 11.3 Å². The van der Waals surface area contributed by atoms with E-state index >= 15 is 0 Å². The number of hydrogen-bond donors (Lipinski definition) is 1. The molecule has 120 valence electrons. The van der Waals surface area contributed by atoms with E-state index in [0.717, 1.165) is 29.1 Å². The number of aromatic nitrogens is 4. The predicted molar refractivity (Wildman–Crippen MR) is 93.4 cm³/mol. The first-order chi connectivity index (χ1) is 11.1. The summed E-state index contributed by atoms with van der Waals surface area (Å²) in [5.41, 5.74) is 4.50. The number of pyridine rings is 1. The smallest absolute Gasteiger partial charge is 0.145 e. The Kier molecular flexibility index (Phi) is 4.28. The Morgan fingerprint density at radius 3 is 2.65 bits per heavy atom. The van der Waals surface area contributed by atoms with Crippen LogP contribution in [0.1, 0.15) is 30.8 Å². The van der Waals surface area contributed by atoms with Crippen LogP contribution >= 0.6 is 0 Å². The molecular formula is C18H23N5. The van der Waals surface area contributed by atoms with E-state index in [4.69, 9.17) is 0 Å². The molecule has 0 saturated heterocycles. The van der Waals surface area contributed by atoms with Gasteiger partial charge in [0, 0.05) is 18.4 Å². The van der Waals surface area contributed by atoms with Gasteiger partial charge in [0.25, 0.3) is 0 Å². The first kappa shape index (κ1) is 15.5. The highest BCUT2D eigenvalue weighted by Gasteiger charge is 2.16. The first-order valence-corrected chi connectivity index (χ1v) is 8.02. The molecule has 3 heterocycles. The van der Waals surface area contributed by atoms with Crippen LogP contribution in [0.2, 0.25) is 0 Å². The zero-order valence-corrected chi connectivity index (χ0v) is 14.2. The minimum Gasteiger partial charge on any atom is -0.364 e. The monoisotopic (exact) mass is 309 g/mol. The van der Waals surface area contributed by atoms with Crippen molar-refractivity contribution in [1.29, 1.82) is 0 Å². The molecule has 0 aromatic carbocycles. The van der Waals surface area contributed by atoms with E-state index < -0.39 is 0 Å². The quantitative estimate of drug-likeness (QED) is 0.780. The van der Waals surface area contributed by atoms with Crippen LogP contribution in [0.25, 0.3) is 11.0 Å². The molecular weight excluding hydrogens is 286 g/mol. The Labute approximate surface area is 136 Å². The average molecular weight is 309 g/mol. The minimum absolute atomic E-state index is 0.573. The number of fused-ring (bicyclic) bond motifs is 1. The maximum Gasteiger partial charge on any atom is 0.145 e. The van der Waals surface area contributed by atoms with Crippen LogP contribution in [-0.2, 0) is 13.1 Å². The fourth-order valence-electron chi connectivity index (χ4n) is 2.87. The second-order valence-corrected chi connectivity index (χ2v) is 6.31. The van der Waals surface area contributed by atoms with Gasteiger partial charge in [0.15, 0.2) is 0 Å². The lowest BCUT2D eigenvalue weighted by Gasteiger charge is -2.10. The molecule has 0 unspecified atom stereocenters. The van der Waals surface area contributed by atoms with Gasteiger partial charge in [-0.25, -0.2) is 9.97 Å². The molecule has 0 aliphatic heterocycles. The summed E-state index contributed by atoms with van der Waals surface area (Å²) in [6, 6.07) is 5.92. The number of nitrogens with zero attached hydrogens (tertiary/aromatic N) is 4. The van der Waals surface area contributed by atoms with Gasteiger partial charge in [-0.1, -0.05) is 19.9 Å². The highest BCUT2D eigenvalue weighted by atomic mass is 15.1. The van der Waals surface area contributed by atoms with Crippen molar-refractivity contribution < 1.29 is 0 Å². The van der Waals surface area contributed by atoms with E-state index in [2.05, 4.69) is 52.5 Å². The van der Waals surface area contributed by atoms with Crippen LogP contribution in [0.3, 0.4) is 0 Å². The molecule has 1 N–H and O–H groups in total. The Balaban J connectivity index is 1.98. The molecule has 0 spiro atoms. The number of hydrogen-bond acceptors (Lipinski definition) is 4. The lowest BCUT2D eigenvalue weighted by atomic mass is 10.2. The molecule has 0 bridgehead atoms. The Bertz CT molecular complexity index is 805. The van der Waals surface area contributed by atoms with E-state index in [0.29, 0.717) is 12.5 Å². The summed E-state index contributed by atoms with van der Waals surface area (Å²) in [6.45, 7) is 10.4. The summed E-state index contributed by atoms with van der Waals surface area (Å²) in [4.78, 5) is 13.3. The van der Waals surface area contributed by atoms with Gasteiger partial charge >= 0.3 is 0 Å². The standard InChI is InChI=1S/C18H23N5/c1-12(2)10-23-14(4)13(3)16-17(21-11-22-18(16)23)20-9-15-7-5-6-8-19-15/h5-8,11-12H,9-10H2,1-4H3,(H,20,21,22). The lowest BCUT2D eigenvalue weighted by Crippen LogP contribution is -2.07. The second-order valence-electron chi connectivity index (χ2n) is 6.31. The molecule has 0 amide bonds. The van der Waals surface area contributed by atoms with Gasteiger partial charge in [-0.05, 0) is 37.5 Å². The third-order valence-corrected chi connectivity index (χ3v) is 4.12. The van der Waals surface area contributed by atoms with Crippen molar-refractivity contribution in [2.45, 2.75) is 40.8 Å². The molecule has 5 heteroatoms. The summed E-state index contributed by atoms with van der Waals surface area (Å²) >= 11 is 0. The summed E-state index contributed by atoms with van der Waals surface area (Å²) in [7, 11) is 0. The van der Waals surface area contributed by atoms with Crippen molar-refractivity contribution in [3.8, 4) is 0 Å². The van der Waals surface area contributed by atoms with E-state index in [1.54, 1.807) is 12.5 Å². The van der Waals surface area contributed by atoms with Gasteiger partial charge in [0.05, 0.1) is 17.6 Å². The average Bonchev–Trinajstić information content (AvgIpc) is 2.79. The van der Waals surface area contributed by atoms with Crippen molar-refractivity contribution in [3.05, 3.63) is 47.7 Å². The summed E-state index contributed by atoms with van der Waals surface area (Å²) in [5, 5.41) is 4.52. The Morgan fingerprint density at radius 1 is 1.13 bits per heavy atom. The van der Waals surface area contributed by atoms with Crippen molar-refractivity contribution in [2.75, 3.05) is 5.32 Å². The van der Waals surface area contributed by atoms with Gasteiger partial charge in [0.1, 0.15) is 17.8 Å². The molecule has 0 aliphatic carbocycles. The van der Waals surface area contributed by atoms with Crippen molar-refractivity contribution in [1.82, 2.24) is 19.5 Å². The van der Waals surface area contributed by atoms with Crippen LogP contribution < -0.4 is 5.32 Å². The van der Waals surface area contributed by atoms with Crippen LogP contribution in [0.15, 0.2) is 30.7 Å². The molecule has 0 radical (unpaired) electrons. The number of rotatable bonds is 5. The molecule has 0 fully saturated rings. The van der Waals surface area contributed by atoms with Gasteiger partial charge in [-0.2, -0.15) is 0 Å². The van der Waals surface area contributed by atoms with Crippen LogP contribution in [0, 0.1) is 19.8 Å². The van der Waals surface area contributed by atoms with E-state index in [-0.39, 0.29) is 0 Å². The molecule has 3 aromatic heterocycles. The normalized spacial score (nSPS) is 11.3. The van der Waals surface area contributed by atoms with Gasteiger partial charge in [0.2, 0.25) is 0 Å². The zero-order valence-electron chi connectivity index (χ0n) is 14.2. The topological polar surface area (TPSA) is 55.6 Å². The van der Waals surface area contributed by atoms with Crippen molar-refractivity contribution >= 4 is 16.9 Å². The Morgan fingerprint density at radius 2 is 1.96 bits per heavy atom. The maximum atomic E-state index is 4.53. The van der Waals surface area contributed by atoms with E-state index in [1.807, 2.05) is 18.2 Å². The number of nitrogens with one attached hydrogen (secondary N) is 1. The third kappa shape index (κ3) is 3.04. The second kappa shape index (κ2) is 6.36. The lowest BCUT2D eigenvalue weighted by molar-refractivity contribution is 0.524.